The maximum atomic E-state index is 12.9. The Kier molecular flexibility index (Phi) is 5.83. The van der Waals surface area contributed by atoms with Gasteiger partial charge in [-0.25, -0.2) is 13.2 Å². The number of amides is 1. The van der Waals surface area contributed by atoms with Crippen molar-refractivity contribution in [1.29, 1.82) is 0 Å². The molecule has 170 valence electrons. The third-order valence-electron chi connectivity index (χ3n) is 5.78. The second-order valence-electron chi connectivity index (χ2n) is 8.09. The number of oxazole rings is 1. The number of nitrogens with one attached hydrogen (secondary N) is 1. The summed E-state index contributed by atoms with van der Waals surface area (Å²) < 4.78 is 31.8. The van der Waals surface area contributed by atoms with Crippen LogP contribution in [0.5, 0.6) is 0 Å². The van der Waals surface area contributed by atoms with E-state index in [2.05, 4.69) is 41.9 Å². The molecule has 1 aliphatic heterocycles. The number of carbonyl (C=O) groups is 1. The topological polar surface area (TPSA) is 107 Å². The van der Waals surface area contributed by atoms with Gasteiger partial charge in [-0.05, 0) is 37.6 Å². The van der Waals surface area contributed by atoms with Gasteiger partial charge in [-0.1, -0.05) is 17.7 Å². The van der Waals surface area contributed by atoms with Crippen LogP contribution in [-0.2, 0) is 14.8 Å². The first kappa shape index (κ1) is 22.1. The van der Waals surface area contributed by atoms with E-state index >= 15 is 0 Å². The molecule has 3 aromatic rings. The molecule has 0 atom stereocenters. The Hall–Kier alpha value is -3.11. The first-order chi connectivity index (χ1) is 15.1. The molecule has 1 amide bonds. The molecule has 0 saturated carbocycles. The highest BCUT2D eigenvalue weighted by Crippen LogP contribution is 2.23. The number of rotatable bonds is 5. The van der Waals surface area contributed by atoms with E-state index in [1.54, 1.807) is 4.90 Å². The molecule has 1 N–H and O–H groups in total. The van der Waals surface area contributed by atoms with E-state index in [0.717, 1.165) is 9.99 Å². The summed E-state index contributed by atoms with van der Waals surface area (Å²) in [5, 5.41) is 0. The number of likely N-dealkylation sites (N-methyl/N-ethyl adjacent to an activating group) is 1. The number of aryl methyl sites for hydroxylation is 2. The Morgan fingerprint density at radius 2 is 1.81 bits per heavy atom. The summed E-state index contributed by atoms with van der Waals surface area (Å²) in [7, 11) is -2.55. The number of aromatic nitrogens is 1. The zero-order chi connectivity index (χ0) is 23.0. The van der Waals surface area contributed by atoms with E-state index in [9.17, 15) is 18.0 Å². The number of anilines is 1. The lowest BCUT2D eigenvalue weighted by Gasteiger charge is -2.37. The van der Waals surface area contributed by atoms with Crippen LogP contribution in [0.2, 0.25) is 0 Å². The highest BCUT2D eigenvalue weighted by molar-refractivity contribution is 7.89. The Labute approximate surface area is 186 Å². The lowest BCUT2D eigenvalue weighted by atomic mass is 10.1. The number of hydrogen-bond acceptors (Lipinski definition) is 6. The molecule has 0 radical (unpaired) electrons. The van der Waals surface area contributed by atoms with E-state index in [1.165, 1.54) is 36.4 Å². The van der Waals surface area contributed by atoms with Gasteiger partial charge >= 0.3 is 5.76 Å². The predicted molar refractivity (Wildman–Crippen MR) is 121 cm³/mol. The average molecular weight is 459 g/mol. The van der Waals surface area contributed by atoms with Gasteiger partial charge in [0, 0.05) is 45.0 Å². The number of benzene rings is 2. The Morgan fingerprint density at radius 3 is 2.50 bits per heavy atom. The number of H-pyrrole nitrogens is 1. The van der Waals surface area contributed by atoms with Crippen molar-refractivity contribution >= 4 is 32.7 Å². The van der Waals surface area contributed by atoms with E-state index < -0.39 is 15.8 Å². The minimum absolute atomic E-state index is 0.0392. The van der Waals surface area contributed by atoms with Crippen molar-refractivity contribution in [2.24, 2.45) is 0 Å². The molecule has 2 aromatic carbocycles. The molecule has 10 heteroatoms. The van der Waals surface area contributed by atoms with E-state index in [0.29, 0.717) is 31.7 Å². The van der Waals surface area contributed by atoms with Gasteiger partial charge in [0.15, 0.2) is 5.58 Å². The third kappa shape index (κ3) is 4.28. The lowest BCUT2D eigenvalue weighted by Crippen LogP contribution is -2.51. The van der Waals surface area contributed by atoms with Crippen LogP contribution in [0.15, 0.2) is 50.5 Å². The standard InChI is InChI=1S/C22H26N4O5S/c1-15-4-7-19(16(2)12-15)25-8-10-26(11-9-25)21(27)14-24(3)32(29,30)17-5-6-18-20(13-17)31-22(28)23-18/h4-7,12-13H,8-11,14H2,1-3H3,(H,23,28). The fourth-order valence-electron chi connectivity index (χ4n) is 4.00. The highest BCUT2D eigenvalue weighted by atomic mass is 32.2. The van der Waals surface area contributed by atoms with Gasteiger partial charge in [0.05, 0.1) is 17.0 Å². The van der Waals surface area contributed by atoms with Gasteiger partial charge in [-0.15, -0.1) is 0 Å². The van der Waals surface area contributed by atoms with Gasteiger partial charge in [-0.3, -0.25) is 9.78 Å². The summed E-state index contributed by atoms with van der Waals surface area (Å²) in [6.45, 7) is 6.31. The normalized spacial score (nSPS) is 15.0. The fraction of sp³-hybridized carbons (Fsp3) is 0.364. The number of fused-ring (bicyclic) bond motifs is 1. The van der Waals surface area contributed by atoms with Crippen molar-refractivity contribution in [3.8, 4) is 0 Å². The summed E-state index contributed by atoms with van der Waals surface area (Å²) in [5.41, 5.74) is 4.13. The second kappa shape index (κ2) is 8.44. The van der Waals surface area contributed by atoms with Crippen LogP contribution < -0.4 is 10.7 Å². The van der Waals surface area contributed by atoms with Crippen LogP contribution in [0.1, 0.15) is 11.1 Å². The zero-order valence-corrected chi connectivity index (χ0v) is 19.1. The minimum atomic E-state index is -3.92. The number of hydrogen-bond donors (Lipinski definition) is 1. The maximum Gasteiger partial charge on any atom is 0.417 e. The van der Waals surface area contributed by atoms with Crippen LogP contribution in [0.3, 0.4) is 0 Å². The summed E-state index contributed by atoms with van der Waals surface area (Å²) >= 11 is 0. The molecule has 1 aromatic heterocycles. The largest absolute Gasteiger partial charge is 0.417 e. The molecule has 2 heterocycles. The molecule has 0 spiro atoms. The molecule has 4 rings (SSSR count). The van der Waals surface area contributed by atoms with Crippen molar-refractivity contribution in [3.63, 3.8) is 0 Å². The average Bonchev–Trinajstić information content (AvgIpc) is 3.13. The van der Waals surface area contributed by atoms with Gasteiger partial charge in [0.2, 0.25) is 15.9 Å². The molecule has 32 heavy (non-hydrogen) atoms. The zero-order valence-electron chi connectivity index (χ0n) is 18.3. The van der Waals surface area contributed by atoms with E-state index in [1.807, 2.05) is 0 Å². The first-order valence-electron chi connectivity index (χ1n) is 10.3. The number of aromatic amines is 1. The van der Waals surface area contributed by atoms with Crippen molar-refractivity contribution in [2.75, 3.05) is 44.7 Å². The van der Waals surface area contributed by atoms with Gasteiger partial charge in [0.25, 0.3) is 0 Å². The summed E-state index contributed by atoms with van der Waals surface area (Å²) in [6, 6.07) is 10.5. The third-order valence-corrected chi connectivity index (χ3v) is 7.58. The fourth-order valence-corrected chi connectivity index (χ4v) is 5.13. The lowest BCUT2D eigenvalue weighted by molar-refractivity contribution is -0.131. The molecule has 1 saturated heterocycles. The smallest absolute Gasteiger partial charge is 0.408 e. The van der Waals surface area contributed by atoms with E-state index in [-0.39, 0.29) is 22.9 Å². The van der Waals surface area contributed by atoms with Crippen molar-refractivity contribution in [3.05, 3.63) is 58.1 Å². The molecule has 1 aliphatic rings. The van der Waals surface area contributed by atoms with Crippen LogP contribution in [0, 0.1) is 13.8 Å². The molecular weight excluding hydrogens is 432 g/mol. The quantitative estimate of drug-likeness (QED) is 0.624. The monoisotopic (exact) mass is 458 g/mol. The van der Waals surface area contributed by atoms with Gasteiger partial charge < -0.3 is 14.2 Å². The van der Waals surface area contributed by atoms with E-state index in [4.69, 9.17) is 4.42 Å². The van der Waals surface area contributed by atoms with Crippen molar-refractivity contribution < 1.29 is 17.6 Å². The van der Waals surface area contributed by atoms with Gasteiger partial charge in [0.1, 0.15) is 0 Å². The molecular formula is C22H26N4O5S. The van der Waals surface area contributed by atoms with Crippen LogP contribution in [0.25, 0.3) is 11.1 Å². The highest BCUT2D eigenvalue weighted by Gasteiger charge is 2.28. The molecule has 1 fully saturated rings. The Morgan fingerprint density at radius 1 is 1.09 bits per heavy atom. The van der Waals surface area contributed by atoms with Crippen LogP contribution in [-0.4, -0.2) is 68.3 Å². The number of carbonyl (C=O) groups excluding carboxylic acids is 1. The number of sulfonamides is 1. The summed E-state index contributed by atoms with van der Waals surface area (Å²) in [4.78, 5) is 30.5. The Balaban J connectivity index is 1.40. The van der Waals surface area contributed by atoms with Gasteiger partial charge in [-0.2, -0.15) is 4.31 Å². The van der Waals surface area contributed by atoms with Crippen molar-refractivity contribution in [2.45, 2.75) is 18.7 Å². The number of nitrogens with zero attached hydrogens (tertiary/aromatic N) is 3. The first-order valence-corrected chi connectivity index (χ1v) is 11.8. The number of piperazine rings is 1. The van der Waals surface area contributed by atoms with Crippen LogP contribution >= 0.6 is 0 Å². The minimum Gasteiger partial charge on any atom is -0.408 e. The SMILES string of the molecule is Cc1ccc(N2CCN(C(=O)CN(C)S(=O)(=O)c3ccc4[nH]c(=O)oc4c3)CC2)c(C)c1. The second-order valence-corrected chi connectivity index (χ2v) is 10.1. The molecule has 0 aliphatic carbocycles. The molecule has 9 nitrogen and oxygen atoms in total. The molecule has 0 unspecified atom stereocenters. The predicted octanol–water partition coefficient (Wildman–Crippen LogP) is 1.71. The van der Waals surface area contributed by atoms with Crippen LogP contribution in [0.4, 0.5) is 5.69 Å². The Bertz CT molecular complexity index is 1320. The summed E-state index contributed by atoms with van der Waals surface area (Å²) in [5.74, 6) is -0.899. The summed E-state index contributed by atoms with van der Waals surface area (Å²) in [6.07, 6.45) is 0. The molecule has 0 bridgehead atoms. The maximum absolute atomic E-state index is 12.9. The van der Waals surface area contributed by atoms with Crippen molar-refractivity contribution in [1.82, 2.24) is 14.2 Å².